The van der Waals surface area contributed by atoms with Crippen molar-refractivity contribution in [1.82, 2.24) is 4.31 Å². The molecular formula is C12H17BrN2O3S. The molecule has 0 amide bonds. The van der Waals surface area contributed by atoms with Gasteiger partial charge in [0.25, 0.3) is 0 Å². The Morgan fingerprint density at radius 2 is 2.16 bits per heavy atom. The normalized spacial score (nSPS) is 20.7. The van der Waals surface area contributed by atoms with Gasteiger partial charge < -0.3 is 10.5 Å². The summed E-state index contributed by atoms with van der Waals surface area (Å²) in [4.78, 5) is 0.182. The van der Waals surface area contributed by atoms with Crippen LogP contribution in [-0.2, 0) is 10.0 Å². The second-order valence-corrected chi connectivity index (χ2v) is 7.42. The number of nitrogens with two attached hydrogens (primary N) is 1. The van der Waals surface area contributed by atoms with Crippen molar-refractivity contribution in [1.29, 1.82) is 0 Å². The lowest BCUT2D eigenvalue weighted by atomic mass is 10.2. The summed E-state index contributed by atoms with van der Waals surface area (Å²) in [6.45, 7) is 2.70. The lowest BCUT2D eigenvalue weighted by Crippen LogP contribution is -2.32. The fraction of sp³-hybridized carbons (Fsp3) is 0.500. The minimum absolute atomic E-state index is 0.0883. The Kier molecular flexibility index (Phi) is 4.20. The molecule has 7 heteroatoms. The Morgan fingerprint density at radius 3 is 2.68 bits per heavy atom. The number of sulfonamides is 1. The van der Waals surface area contributed by atoms with Gasteiger partial charge >= 0.3 is 0 Å². The summed E-state index contributed by atoms with van der Waals surface area (Å²) in [5, 5.41) is 0. The van der Waals surface area contributed by atoms with Crippen LogP contribution >= 0.6 is 15.9 Å². The van der Waals surface area contributed by atoms with E-state index in [9.17, 15) is 8.42 Å². The van der Waals surface area contributed by atoms with E-state index in [2.05, 4.69) is 15.9 Å². The number of ether oxygens (including phenoxy) is 1. The molecule has 0 bridgehead atoms. The predicted octanol–water partition coefficient (Wildman–Crippen LogP) is 1.49. The van der Waals surface area contributed by atoms with E-state index in [1.54, 1.807) is 12.1 Å². The first-order chi connectivity index (χ1) is 8.86. The molecule has 1 aromatic rings. The van der Waals surface area contributed by atoms with Gasteiger partial charge in [-0.25, -0.2) is 8.42 Å². The van der Waals surface area contributed by atoms with Crippen LogP contribution in [0.2, 0.25) is 0 Å². The van der Waals surface area contributed by atoms with Crippen molar-refractivity contribution < 1.29 is 13.2 Å². The van der Waals surface area contributed by atoms with E-state index >= 15 is 0 Å². The predicted molar refractivity (Wildman–Crippen MR) is 76.8 cm³/mol. The fourth-order valence-electron chi connectivity index (χ4n) is 2.11. The molecule has 1 heterocycles. The standard InChI is InChI=1S/C12H17BrN2O3S/c1-8-5-11(18-2)12(6-10(8)13)19(16,17)15-4-3-9(14)7-15/h5-6,9H,3-4,7,14H2,1-2H3/t9-/m1/s1. The van der Waals surface area contributed by atoms with Crippen molar-refractivity contribution >= 4 is 26.0 Å². The molecule has 1 fully saturated rings. The minimum Gasteiger partial charge on any atom is -0.495 e. The van der Waals surface area contributed by atoms with Crippen LogP contribution in [0.5, 0.6) is 5.75 Å². The molecule has 1 aromatic carbocycles. The van der Waals surface area contributed by atoms with Crippen LogP contribution in [-0.4, -0.2) is 39.0 Å². The van der Waals surface area contributed by atoms with Gasteiger partial charge in [-0.3, -0.25) is 0 Å². The van der Waals surface area contributed by atoms with Gasteiger partial charge in [-0.2, -0.15) is 4.31 Å². The third kappa shape index (κ3) is 2.79. The SMILES string of the molecule is COc1cc(C)c(Br)cc1S(=O)(=O)N1CC[C@@H](N)C1. The zero-order chi connectivity index (χ0) is 14.2. The molecule has 0 radical (unpaired) electrons. The maximum absolute atomic E-state index is 12.6. The molecule has 0 spiro atoms. The maximum Gasteiger partial charge on any atom is 0.246 e. The Labute approximate surface area is 121 Å². The molecule has 1 saturated heterocycles. The van der Waals surface area contributed by atoms with E-state index in [4.69, 9.17) is 10.5 Å². The van der Waals surface area contributed by atoms with Crippen LogP contribution in [0.4, 0.5) is 0 Å². The highest BCUT2D eigenvalue weighted by Crippen LogP contribution is 2.33. The zero-order valence-corrected chi connectivity index (χ0v) is 13.3. The van der Waals surface area contributed by atoms with Gasteiger partial charge in [-0.15, -0.1) is 0 Å². The van der Waals surface area contributed by atoms with Crippen LogP contribution in [0, 0.1) is 6.92 Å². The summed E-state index contributed by atoms with van der Waals surface area (Å²) in [6, 6.07) is 3.22. The Balaban J connectivity index is 2.48. The van der Waals surface area contributed by atoms with Crippen molar-refractivity contribution in [3.8, 4) is 5.75 Å². The van der Waals surface area contributed by atoms with Crippen molar-refractivity contribution in [2.45, 2.75) is 24.3 Å². The smallest absolute Gasteiger partial charge is 0.246 e. The zero-order valence-electron chi connectivity index (χ0n) is 10.9. The van der Waals surface area contributed by atoms with Gasteiger partial charge in [0.2, 0.25) is 10.0 Å². The molecule has 1 aliphatic heterocycles. The van der Waals surface area contributed by atoms with Crippen LogP contribution in [0.25, 0.3) is 0 Å². The average Bonchev–Trinajstić information content (AvgIpc) is 2.79. The fourth-order valence-corrected chi connectivity index (χ4v) is 4.28. The van der Waals surface area contributed by atoms with E-state index in [0.717, 1.165) is 10.0 Å². The number of hydrogen-bond acceptors (Lipinski definition) is 4. The van der Waals surface area contributed by atoms with Gasteiger partial charge in [-0.1, -0.05) is 15.9 Å². The molecule has 0 aromatic heterocycles. The van der Waals surface area contributed by atoms with E-state index in [1.165, 1.54) is 11.4 Å². The lowest BCUT2D eigenvalue weighted by Gasteiger charge is -2.18. The molecule has 19 heavy (non-hydrogen) atoms. The highest BCUT2D eigenvalue weighted by molar-refractivity contribution is 9.10. The van der Waals surface area contributed by atoms with Crippen LogP contribution in [0.1, 0.15) is 12.0 Å². The summed E-state index contributed by atoms with van der Waals surface area (Å²) in [7, 11) is -2.09. The average molecular weight is 349 g/mol. The number of methoxy groups -OCH3 is 1. The first kappa shape index (κ1) is 14.8. The van der Waals surface area contributed by atoms with Crippen molar-refractivity contribution in [3.63, 3.8) is 0 Å². The first-order valence-corrected chi connectivity index (χ1v) is 8.19. The third-order valence-electron chi connectivity index (χ3n) is 3.25. The van der Waals surface area contributed by atoms with Crippen LogP contribution < -0.4 is 10.5 Å². The molecule has 0 aliphatic carbocycles. The van der Waals surface area contributed by atoms with Gasteiger partial charge in [0.05, 0.1) is 7.11 Å². The van der Waals surface area contributed by atoms with Gasteiger partial charge in [0.1, 0.15) is 10.6 Å². The number of hydrogen-bond donors (Lipinski definition) is 1. The Hall–Kier alpha value is -0.630. The molecule has 1 aliphatic rings. The topological polar surface area (TPSA) is 72.6 Å². The van der Waals surface area contributed by atoms with Gasteiger partial charge in [0.15, 0.2) is 0 Å². The monoisotopic (exact) mass is 348 g/mol. The molecule has 2 rings (SSSR count). The molecule has 1 atom stereocenters. The number of aryl methyl sites for hydroxylation is 1. The van der Waals surface area contributed by atoms with Crippen molar-refractivity contribution in [2.24, 2.45) is 5.73 Å². The second kappa shape index (κ2) is 5.40. The minimum atomic E-state index is -3.56. The first-order valence-electron chi connectivity index (χ1n) is 5.96. The molecule has 2 N–H and O–H groups in total. The number of nitrogens with zero attached hydrogens (tertiary/aromatic N) is 1. The van der Waals surface area contributed by atoms with Crippen molar-refractivity contribution in [3.05, 3.63) is 22.2 Å². The Morgan fingerprint density at radius 1 is 1.47 bits per heavy atom. The second-order valence-electron chi connectivity index (χ2n) is 4.66. The summed E-state index contributed by atoms with van der Waals surface area (Å²) in [5.41, 5.74) is 6.70. The van der Waals surface area contributed by atoms with E-state index in [-0.39, 0.29) is 10.9 Å². The number of halogens is 1. The highest BCUT2D eigenvalue weighted by atomic mass is 79.9. The number of benzene rings is 1. The summed E-state index contributed by atoms with van der Waals surface area (Å²) in [6.07, 6.45) is 0.689. The summed E-state index contributed by atoms with van der Waals surface area (Å²) < 4.78 is 32.5. The van der Waals surface area contributed by atoms with Gasteiger partial charge in [-0.05, 0) is 31.0 Å². The van der Waals surface area contributed by atoms with E-state index < -0.39 is 10.0 Å². The number of rotatable bonds is 3. The molecule has 0 saturated carbocycles. The quantitative estimate of drug-likeness (QED) is 0.897. The highest BCUT2D eigenvalue weighted by Gasteiger charge is 2.33. The molecule has 0 unspecified atom stereocenters. The van der Waals surface area contributed by atoms with Gasteiger partial charge in [0, 0.05) is 23.6 Å². The third-order valence-corrected chi connectivity index (χ3v) is 5.99. The molecule has 5 nitrogen and oxygen atoms in total. The van der Waals surface area contributed by atoms with Crippen molar-refractivity contribution in [2.75, 3.05) is 20.2 Å². The largest absolute Gasteiger partial charge is 0.495 e. The van der Waals surface area contributed by atoms with E-state index in [0.29, 0.717) is 25.3 Å². The maximum atomic E-state index is 12.6. The summed E-state index contributed by atoms with van der Waals surface area (Å²) in [5.74, 6) is 0.362. The van der Waals surface area contributed by atoms with Crippen LogP contribution in [0.15, 0.2) is 21.5 Å². The molecule has 106 valence electrons. The molecular weight excluding hydrogens is 332 g/mol. The summed E-state index contributed by atoms with van der Waals surface area (Å²) >= 11 is 3.36. The van der Waals surface area contributed by atoms with Crippen LogP contribution in [0.3, 0.4) is 0 Å². The Bertz CT molecular complexity index is 589. The lowest BCUT2D eigenvalue weighted by molar-refractivity contribution is 0.397. The van der Waals surface area contributed by atoms with E-state index in [1.807, 2.05) is 6.92 Å².